The summed E-state index contributed by atoms with van der Waals surface area (Å²) in [5, 5.41) is 7.30. The van der Waals surface area contributed by atoms with Crippen molar-refractivity contribution in [3.05, 3.63) is 77.6 Å². The molecule has 1 fully saturated rings. The Morgan fingerprint density at radius 3 is 2.50 bits per heavy atom. The van der Waals surface area contributed by atoms with E-state index in [4.69, 9.17) is 4.74 Å². The lowest BCUT2D eigenvalue weighted by atomic mass is 9.93. The number of likely N-dealkylation sites (tertiary alicyclic amines) is 1. The van der Waals surface area contributed by atoms with Crippen LogP contribution in [0.5, 0.6) is 5.75 Å². The van der Waals surface area contributed by atoms with Crippen molar-refractivity contribution in [3.63, 3.8) is 0 Å². The molecule has 1 aromatic heterocycles. The average Bonchev–Trinajstić information content (AvgIpc) is 3.34. The third-order valence-corrected chi connectivity index (χ3v) is 5.90. The zero-order valence-electron chi connectivity index (χ0n) is 18.5. The Labute approximate surface area is 188 Å². The number of rotatable bonds is 6. The van der Waals surface area contributed by atoms with Gasteiger partial charge in [-0.1, -0.05) is 30.3 Å². The van der Waals surface area contributed by atoms with Gasteiger partial charge >= 0.3 is 0 Å². The average molecular weight is 433 g/mol. The summed E-state index contributed by atoms with van der Waals surface area (Å²) >= 11 is 0. The SMILES string of the molecule is CCOc1ccccc1C(=O)N1CCC(c2cc(C(=O)N(C)c3ccccc3)n[nH]2)CC1. The van der Waals surface area contributed by atoms with Gasteiger partial charge in [-0.3, -0.25) is 14.7 Å². The predicted molar refractivity (Wildman–Crippen MR) is 123 cm³/mol. The molecule has 3 aromatic rings. The minimum Gasteiger partial charge on any atom is -0.493 e. The molecule has 166 valence electrons. The van der Waals surface area contributed by atoms with Gasteiger partial charge < -0.3 is 14.5 Å². The number of hydrogen-bond donors (Lipinski definition) is 1. The first-order chi connectivity index (χ1) is 15.6. The molecule has 0 saturated carbocycles. The van der Waals surface area contributed by atoms with Crippen molar-refractivity contribution in [1.82, 2.24) is 15.1 Å². The van der Waals surface area contributed by atoms with Crippen molar-refractivity contribution in [3.8, 4) is 5.75 Å². The molecule has 7 heteroatoms. The molecule has 32 heavy (non-hydrogen) atoms. The maximum Gasteiger partial charge on any atom is 0.278 e. The Morgan fingerprint density at radius 2 is 1.78 bits per heavy atom. The third kappa shape index (κ3) is 4.51. The van der Waals surface area contributed by atoms with Crippen LogP contribution in [0.2, 0.25) is 0 Å². The second-order valence-electron chi connectivity index (χ2n) is 7.90. The number of hydrogen-bond acceptors (Lipinski definition) is 4. The fraction of sp³-hybridized carbons (Fsp3) is 0.320. The van der Waals surface area contributed by atoms with Crippen molar-refractivity contribution in [2.75, 3.05) is 31.6 Å². The maximum absolute atomic E-state index is 13.0. The fourth-order valence-electron chi connectivity index (χ4n) is 4.08. The molecule has 1 aliphatic rings. The highest BCUT2D eigenvalue weighted by atomic mass is 16.5. The van der Waals surface area contributed by atoms with Crippen LogP contribution in [-0.4, -0.2) is 53.7 Å². The number of para-hydroxylation sites is 2. The van der Waals surface area contributed by atoms with Crippen LogP contribution in [0.1, 0.15) is 52.2 Å². The molecular weight excluding hydrogens is 404 g/mol. The number of aromatic nitrogens is 2. The number of carbonyl (C=O) groups is 2. The maximum atomic E-state index is 13.0. The van der Waals surface area contributed by atoms with Crippen molar-refractivity contribution in [2.24, 2.45) is 0 Å². The quantitative estimate of drug-likeness (QED) is 0.636. The standard InChI is InChI=1S/C25H28N4O3/c1-3-32-23-12-8-7-11-20(23)24(30)29-15-13-18(14-16-29)21-17-22(27-26-21)25(31)28(2)19-9-5-4-6-10-19/h4-12,17-18H,3,13-16H2,1-2H3,(H,26,27). The molecule has 0 unspecified atom stereocenters. The Hall–Kier alpha value is -3.61. The minimum atomic E-state index is -0.154. The largest absolute Gasteiger partial charge is 0.493 e. The van der Waals surface area contributed by atoms with Gasteiger partial charge in [-0.25, -0.2) is 0 Å². The van der Waals surface area contributed by atoms with Gasteiger partial charge in [-0.2, -0.15) is 5.10 Å². The third-order valence-electron chi connectivity index (χ3n) is 5.90. The van der Waals surface area contributed by atoms with Gasteiger partial charge in [-0.15, -0.1) is 0 Å². The highest BCUT2D eigenvalue weighted by Crippen LogP contribution is 2.29. The van der Waals surface area contributed by atoms with E-state index in [2.05, 4.69) is 10.2 Å². The van der Waals surface area contributed by atoms with Crippen LogP contribution >= 0.6 is 0 Å². The highest BCUT2D eigenvalue weighted by molar-refractivity contribution is 6.04. The second kappa shape index (κ2) is 9.68. The molecule has 2 amide bonds. The normalized spacial score (nSPS) is 14.2. The minimum absolute atomic E-state index is 0.00235. The summed E-state index contributed by atoms with van der Waals surface area (Å²) in [4.78, 5) is 29.3. The van der Waals surface area contributed by atoms with Crippen molar-refractivity contribution in [1.29, 1.82) is 0 Å². The van der Waals surface area contributed by atoms with Crippen LogP contribution in [0.15, 0.2) is 60.7 Å². The topological polar surface area (TPSA) is 78.5 Å². The number of aromatic amines is 1. The lowest BCUT2D eigenvalue weighted by Gasteiger charge is -2.31. The summed E-state index contributed by atoms with van der Waals surface area (Å²) in [5.74, 6) is 0.704. The zero-order chi connectivity index (χ0) is 22.5. The van der Waals surface area contributed by atoms with E-state index in [9.17, 15) is 9.59 Å². The van der Waals surface area contributed by atoms with Gasteiger partial charge in [0.05, 0.1) is 12.2 Å². The van der Waals surface area contributed by atoms with Crippen LogP contribution in [0.25, 0.3) is 0 Å². The summed E-state index contributed by atoms with van der Waals surface area (Å²) < 4.78 is 5.62. The number of nitrogens with zero attached hydrogens (tertiary/aromatic N) is 3. The monoisotopic (exact) mass is 432 g/mol. The van der Waals surface area contributed by atoms with E-state index in [0.29, 0.717) is 36.7 Å². The van der Waals surface area contributed by atoms with Gasteiger partial charge in [0.1, 0.15) is 5.75 Å². The van der Waals surface area contributed by atoms with Crippen molar-refractivity contribution < 1.29 is 14.3 Å². The van der Waals surface area contributed by atoms with Crippen molar-refractivity contribution in [2.45, 2.75) is 25.7 Å². The van der Waals surface area contributed by atoms with Crippen LogP contribution < -0.4 is 9.64 Å². The molecule has 0 radical (unpaired) electrons. The molecule has 0 spiro atoms. The van der Waals surface area contributed by atoms with E-state index in [1.807, 2.05) is 72.5 Å². The summed E-state index contributed by atoms with van der Waals surface area (Å²) in [6.45, 7) is 3.73. The van der Waals surface area contributed by atoms with Crippen molar-refractivity contribution >= 4 is 17.5 Å². The lowest BCUT2D eigenvalue weighted by molar-refractivity contribution is 0.0708. The highest BCUT2D eigenvalue weighted by Gasteiger charge is 2.28. The summed E-state index contributed by atoms with van der Waals surface area (Å²) in [6.07, 6.45) is 1.62. The molecule has 7 nitrogen and oxygen atoms in total. The summed E-state index contributed by atoms with van der Waals surface area (Å²) in [7, 11) is 1.75. The number of nitrogens with one attached hydrogen (secondary N) is 1. The molecule has 4 rings (SSSR count). The number of anilines is 1. The molecule has 1 saturated heterocycles. The number of piperidine rings is 1. The van der Waals surface area contributed by atoms with E-state index in [1.54, 1.807) is 11.9 Å². The van der Waals surface area contributed by atoms with Gasteiger partial charge in [0.2, 0.25) is 0 Å². The number of carbonyl (C=O) groups excluding carboxylic acids is 2. The molecule has 1 N–H and O–H groups in total. The second-order valence-corrected chi connectivity index (χ2v) is 7.90. The van der Waals surface area contributed by atoms with Gasteiger partial charge in [-0.05, 0) is 50.1 Å². The van der Waals surface area contributed by atoms with E-state index in [-0.39, 0.29) is 17.7 Å². The molecule has 0 atom stereocenters. The molecule has 1 aliphatic heterocycles. The Bertz CT molecular complexity index is 1070. The molecular formula is C25H28N4O3. The van der Waals surface area contributed by atoms with Gasteiger partial charge in [0, 0.05) is 37.4 Å². The molecule has 0 bridgehead atoms. The Kier molecular flexibility index (Phi) is 6.54. The van der Waals surface area contributed by atoms with Crippen LogP contribution in [0.4, 0.5) is 5.69 Å². The lowest BCUT2D eigenvalue weighted by Crippen LogP contribution is -2.38. The number of H-pyrrole nitrogens is 1. The van der Waals surface area contributed by atoms with Gasteiger partial charge in [0.15, 0.2) is 5.69 Å². The van der Waals surface area contributed by atoms with E-state index in [0.717, 1.165) is 24.2 Å². The van der Waals surface area contributed by atoms with Gasteiger partial charge in [0.25, 0.3) is 11.8 Å². The smallest absolute Gasteiger partial charge is 0.278 e. The molecule has 0 aliphatic carbocycles. The number of benzene rings is 2. The first-order valence-corrected chi connectivity index (χ1v) is 11.0. The zero-order valence-corrected chi connectivity index (χ0v) is 18.5. The van der Waals surface area contributed by atoms with E-state index >= 15 is 0 Å². The summed E-state index contributed by atoms with van der Waals surface area (Å²) in [6, 6.07) is 18.7. The summed E-state index contributed by atoms with van der Waals surface area (Å²) in [5.41, 5.74) is 2.76. The number of ether oxygens (including phenoxy) is 1. The first-order valence-electron chi connectivity index (χ1n) is 11.0. The van der Waals surface area contributed by atoms with Crippen LogP contribution in [0.3, 0.4) is 0 Å². The fourth-order valence-corrected chi connectivity index (χ4v) is 4.08. The predicted octanol–water partition coefficient (Wildman–Crippen LogP) is 4.10. The first kappa shape index (κ1) is 21.6. The van der Waals surface area contributed by atoms with E-state index < -0.39 is 0 Å². The van der Waals surface area contributed by atoms with Crippen LogP contribution in [-0.2, 0) is 0 Å². The van der Waals surface area contributed by atoms with E-state index in [1.165, 1.54) is 0 Å². The van der Waals surface area contributed by atoms with Crippen LogP contribution in [0, 0.1) is 0 Å². The Balaban J connectivity index is 1.39. The number of amides is 2. The molecule has 2 aromatic carbocycles. The molecule has 2 heterocycles. The Morgan fingerprint density at radius 1 is 1.09 bits per heavy atom.